The predicted molar refractivity (Wildman–Crippen MR) is 102 cm³/mol. The molecule has 3 nitrogen and oxygen atoms in total. The van der Waals surface area contributed by atoms with Crippen LogP contribution < -0.4 is 5.73 Å². The Kier molecular flexibility index (Phi) is 4.33. The van der Waals surface area contributed by atoms with Gasteiger partial charge in [-0.05, 0) is 62.0 Å². The molecule has 3 rings (SSSR count). The van der Waals surface area contributed by atoms with Crippen LogP contribution in [-0.4, -0.2) is 24.9 Å². The molecule has 4 heteroatoms. The first-order valence-electron chi connectivity index (χ1n) is 8.50. The number of hydrogen-bond donors (Lipinski definition) is 1. The van der Waals surface area contributed by atoms with Gasteiger partial charge in [0.15, 0.2) is 0 Å². The highest BCUT2D eigenvalue weighted by Gasteiger charge is 2.52. The molecule has 0 saturated carbocycles. The monoisotopic (exact) mass is 323 g/mol. The van der Waals surface area contributed by atoms with Crippen LogP contribution in [0.1, 0.15) is 38.8 Å². The molecule has 0 spiro atoms. The van der Waals surface area contributed by atoms with Crippen LogP contribution in [0.4, 0.5) is 0 Å². The molecule has 2 aromatic rings. The molecule has 24 heavy (non-hydrogen) atoms. The largest absolute Gasteiger partial charge is 0.491 e. The average molecular weight is 323 g/mol. The third-order valence-electron chi connectivity index (χ3n) is 5.31. The SMILES string of the molecule is Cc1ccc(C=C(CN)B2OC(C)(C)C(C)(C)O2)c2ccccc12. The van der Waals surface area contributed by atoms with E-state index in [1.165, 1.54) is 16.3 Å². The van der Waals surface area contributed by atoms with E-state index in [2.05, 4.69) is 77.1 Å². The summed E-state index contributed by atoms with van der Waals surface area (Å²) in [7, 11) is -0.403. The van der Waals surface area contributed by atoms with Crippen molar-refractivity contribution in [3.05, 3.63) is 53.0 Å². The lowest BCUT2D eigenvalue weighted by Gasteiger charge is -2.32. The molecule has 1 saturated heterocycles. The molecule has 126 valence electrons. The van der Waals surface area contributed by atoms with E-state index in [-0.39, 0.29) is 11.2 Å². The van der Waals surface area contributed by atoms with Gasteiger partial charge >= 0.3 is 7.12 Å². The summed E-state index contributed by atoms with van der Waals surface area (Å²) >= 11 is 0. The van der Waals surface area contributed by atoms with E-state index in [1.807, 2.05) is 0 Å². The first-order valence-corrected chi connectivity index (χ1v) is 8.50. The van der Waals surface area contributed by atoms with Crippen LogP contribution in [0.5, 0.6) is 0 Å². The maximum atomic E-state index is 6.15. The molecule has 0 aromatic heterocycles. The molecule has 2 N–H and O–H groups in total. The fourth-order valence-corrected chi connectivity index (χ4v) is 3.02. The van der Waals surface area contributed by atoms with Gasteiger partial charge in [0, 0.05) is 6.54 Å². The van der Waals surface area contributed by atoms with E-state index in [4.69, 9.17) is 15.0 Å². The smallest absolute Gasteiger partial charge is 0.400 e. The second-order valence-corrected chi connectivity index (χ2v) is 7.53. The van der Waals surface area contributed by atoms with Gasteiger partial charge in [0.25, 0.3) is 0 Å². The van der Waals surface area contributed by atoms with Crippen LogP contribution in [0.15, 0.2) is 41.9 Å². The van der Waals surface area contributed by atoms with Crippen molar-refractivity contribution in [1.82, 2.24) is 0 Å². The highest BCUT2D eigenvalue weighted by Crippen LogP contribution is 2.39. The molecule has 0 atom stereocenters. The second-order valence-electron chi connectivity index (χ2n) is 7.53. The van der Waals surface area contributed by atoms with Gasteiger partial charge in [-0.3, -0.25) is 0 Å². The lowest BCUT2D eigenvalue weighted by atomic mass is 9.76. The maximum absolute atomic E-state index is 6.15. The van der Waals surface area contributed by atoms with Crippen LogP contribution in [0.2, 0.25) is 0 Å². The Morgan fingerprint density at radius 1 is 1.00 bits per heavy atom. The lowest BCUT2D eigenvalue weighted by molar-refractivity contribution is 0.00578. The molecule has 1 heterocycles. The predicted octanol–water partition coefficient (Wildman–Crippen LogP) is 4.12. The van der Waals surface area contributed by atoms with Crippen LogP contribution in [0.25, 0.3) is 16.8 Å². The van der Waals surface area contributed by atoms with Gasteiger partial charge in [-0.15, -0.1) is 0 Å². The summed E-state index contributed by atoms with van der Waals surface area (Å²) in [5.74, 6) is 0. The third kappa shape index (κ3) is 2.90. The van der Waals surface area contributed by atoms with Crippen molar-refractivity contribution in [2.75, 3.05) is 6.54 Å². The summed E-state index contributed by atoms with van der Waals surface area (Å²) in [5, 5.41) is 2.48. The van der Waals surface area contributed by atoms with Crippen molar-refractivity contribution >= 4 is 24.0 Å². The van der Waals surface area contributed by atoms with Gasteiger partial charge in [-0.2, -0.15) is 0 Å². The van der Waals surface area contributed by atoms with Gasteiger partial charge in [0.05, 0.1) is 11.2 Å². The summed E-state index contributed by atoms with van der Waals surface area (Å²) in [6, 6.07) is 12.7. The summed E-state index contributed by atoms with van der Waals surface area (Å²) in [4.78, 5) is 0. The molecule has 0 aliphatic carbocycles. The number of nitrogens with two attached hydrogens (primary N) is 1. The number of aryl methyl sites for hydroxylation is 1. The van der Waals surface area contributed by atoms with Gasteiger partial charge in [-0.25, -0.2) is 0 Å². The third-order valence-corrected chi connectivity index (χ3v) is 5.31. The second kappa shape index (κ2) is 6.03. The first-order chi connectivity index (χ1) is 11.2. The standard InChI is InChI=1S/C20H26BNO2/c1-14-10-11-15(18-9-7-6-8-17(14)18)12-16(13-22)21-23-19(2,3)20(4,5)24-21/h6-12H,13,22H2,1-5H3. The van der Waals surface area contributed by atoms with Crippen LogP contribution in [0.3, 0.4) is 0 Å². The van der Waals surface area contributed by atoms with Crippen molar-refractivity contribution in [3.8, 4) is 0 Å². The topological polar surface area (TPSA) is 44.5 Å². The molecule has 1 aliphatic rings. The zero-order valence-electron chi connectivity index (χ0n) is 15.2. The minimum Gasteiger partial charge on any atom is -0.400 e. The zero-order valence-corrected chi connectivity index (χ0v) is 15.2. The van der Waals surface area contributed by atoms with Crippen LogP contribution in [0, 0.1) is 6.92 Å². The van der Waals surface area contributed by atoms with Crippen molar-refractivity contribution in [1.29, 1.82) is 0 Å². The Balaban J connectivity index is 2.03. The minimum absolute atomic E-state index is 0.360. The van der Waals surface area contributed by atoms with Crippen molar-refractivity contribution < 1.29 is 9.31 Å². The van der Waals surface area contributed by atoms with Crippen molar-refractivity contribution in [2.24, 2.45) is 5.73 Å². The van der Waals surface area contributed by atoms with Gasteiger partial charge in [0.1, 0.15) is 0 Å². The molecular weight excluding hydrogens is 297 g/mol. The molecule has 0 radical (unpaired) electrons. The molecule has 0 unspecified atom stereocenters. The van der Waals surface area contributed by atoms with E-state index in [1.54, 1.807) is 0 Å². The molecular formula is C20H26BNO2. The Morgan fingerprint density at radius 2 is 1.58 bits per heavy atom. The summed E-state index contributed by atoms with van der Waals surface area (Å²) in [6.07, 6.45) is 2.11. The van der Waals surface area contributed by atoms with E-state index in [0.717, 1.165) is 11.0 Å². The van der Waals surface area contributed by atoms with Crippen LogP contribution in [-0.2, 0) is 9.31 Å². The first kappa shape index (κ1) is 17.2. The van der Waals surface area contributed by atoms with Gasteiger partial charge in [0.2, 0.25) is 0 Å². The molecule has 1 aliphatic heterocycles. The Labute approximate surface area is 145 Å². The van der Waals surface area contributed by atoms with Crippen LogP contribution >= 0.6 is 0 Å². The fraction of sp³-hybridized carbons (Fsp3) is 0.400. The molecule has 0 bridgehead atoms. The number of rotatable bonds is 3. The highest BCUT2D eigenvalue weighted by atomic mass is 16.7. The van der Waals surface area contributed by atoms with E-state index >= 15 is 0 Å². The minimum atomic E-state index is -0.403. The Morgan fingerprint density at radius 3 is 2.17 bits per heavy atom. The molecule has 0 amide bonds. The van der Waals surface area contributed by atoms with Gasteiger partial charge < -0.3 is 15.0 Å². The Hall–Kier alpha value is -1.62. The Bertz CT molecular complexity index is 779. The quantitative estimate of drug-likeness (QED) is 0.864. The zero-order chi connectivity index (χ0) is 17.5. The van der Waals surface area contributed by atoms with Crippen molar-refractivity contribution in [3.63, 3.8) is 0 Å². The molecule has 1 fully saturated rings. The summed E-state index contributed by atoms with van der Waals surface area (Å²) in [6.45, 7) is 10.8. The molecule has 2 aromatic carbocycles. The average Bonchev–Trinajstić information content (AvgIpc) is 2.75. The number of hydrogen-bond acceptors (Lipinski definition) is 3. The fourth-order valence-electron chi connectivity index (χ4n) is 3.02. The van der Waals surface area contributed by atoms with Gasteiger partial charge in [-0.1, -0.05) is 42.5 Å². The summed E-state index contributed by atoms with van der Waals surface area (Å²) in [5.41, 5.74) is 8.68. The number of fused-ring (bicyclic) bond motifs is 1. The van der Waals surface area contributed by atoms with E-state index in [9.17, 15) is 0 Å². The summed E-state index contributed by atoms with van der Waals surface area (Å²) < 4.78 is 12.3. The highest BCUT2D eigenvalue weighted by molar-refractivity contribution is 6.56. The van der Waals surface area contributed by atoms with E-state index in [0.29, 0.717) is 6.54 Å². The van der Waals surface area contributed by atoms with Crippen molar-refractivity contribution in [2.45, 2.75) is 45.8 Å². The number of benzene rings is 2. The normalized spacial score (nSPS) is 19.9. The lowest BCUT2D eigenvalue weighted by Crippen LogP contribution is -2.41. The van der Waals surface area contributed by atoms with E-state index < -0.39 is 7.12 Å². The maximum Gasteiger partial charge on any atom is 0.491 e.